The van der Waals surface area contributed by atoms with Crippen molar-refractivity contribution in [2.24, 2.45) is 0 Å². The van der Waals surface area contributed by atoms with Crippen LogP contribution in [0.2, 0.25) is 54.4 Å². The van der Waals surface area contributed by atoms with E-state index in [9.17, 15) is 9.46 Å². The van der Waals surface area contributed by atoms with E-state index < -0.39 is 57.4 Å². The summed E-state index contributed by atoms with van der Waals surface area (Å²) < 4.78 is 52.9. The fraction of sp³-hybridized carbons (Fsp3) is 0.726. The first-order valence-electron chi connectivity index (χ1n) is 32.9. The largest absolute Gasteiger partial charge is 0.474 e. The normalized spacial score (nSPS) is 20.2. The van der Waals surface area contributed by atoms with E-state index >= 15 is 0 Å². The summed E-state index contributed by atoms with van der Waals surface area (Å²) in [6, 6.07) is 0. The number of phosphoric ester groups is 1. The molecule has 1 saturated heterocycles. The Hall–Kier alpha value is -2.00. The van der Waals surface area contributed by atoms with Crippen molar-refractivity contribution in [2.45, 2.75) is 333 Å². The molecule has 490 valence electrons. The Balaban J connectivity index is 2.63. The van der Waals surface area contributed by atoms with Crippen LogP contribution in [0.25, 0.3) is 0 Å². The summed E-state index contributed by atoms with van der Waals surface area (Å²) in [5.74, 6) is 0. The van der Waals surface area contributed by atoms with Gasteiger partial charge in [0, 0.05) is 0 Å². The second-order valence-corrected chi connectivity index (χ2v) is 46.0. The van der Waals surface area contributed by atoms with Gasteiger partial charge < -0.3 is 22.9 Å². The highest BCUT2D eigenvalue weighted by atomic mass is 31.2. The minimum absolute atomic E-state index is 0.0185. The summed E-state index contributed by atoms with van der Waals surface area (Å²) in [5.41, 5.74) is 14.4. The van der Waals surface area contributed by atoms with Gasteiger partial charge in [-0.25, -0.2) is 4.57 Å². The number of ether oxygens (including phenoxy) is 1. The number of rotatable bonds is 39. The molecule has 0 radical (unpaired) electrons. The third kappa shape index (κ3) is 34.7. The topological polar surface area (TPSA) is 92.7 Å². The van der Waals surface area contributed by atoms with E-state index in [4.69, 9.17) is 27.1 Å². The summed E-state index contributed by atoms with van der Waals surface area (Å²) in [4.78, 5) is 11.2. The van der Waals surface area contributed by atoms with Crippen molar-refractivity contribution in [3.63, 3.8) is 0 Å². The molecular weight excluding hydrogens is 1120 g/mol. The molecule has 1 unspecified atom stereocenters. The van der Waals surface area contributed by atoms with E-state index in [1.807, 2.05) is 13.0 Å². The molecule has 5 atom stereocenters. The smallest absolute Gasteiger partial charge is 0.414 e. The van der Waals surface area contributed by atoms with Gasteiger partial charge in [0.1, 0.15) is 18.3 Å². The molecule has 1 rings (SSSR count). The first-order chi connectivity index (χ1) is 39.1. The average molecular weight is 1250 g/mol. The molecule has 0 aliphatic carbocycles. The van der Waals surface area contributed by atoms with Crippen LogP contribution in [0.4, 0.5) is 0 Å². The van der Waals surface area contributed by atoms with E-state index in [1.54, 1.807) is 0 Å². The Labute approximate surface area is 529 Å². The quantitative estimate of drug-likeness (QED) is 0.0370. The monoisotopic (exact) mass is 1250 g/mol. The average Bonchev–Trinajstić information content (AvgIpc) is 3.28. The summed E-state index contributed by atoms with van der Waals surface area (Å²) in [6.07, 6.45) is 40.2. The van der Waals surface area contributed by atoms with E-state index in [-0.39, 0.29) is 28.3 Å². The van der Waals surface area contributed by atoms with Crippen molar-refractivity contribution in [3.8, 4) is 0 Å². The Morgan fingerprint density at radius 1 is 0.412 bits per heavy atom. The molecule has 0 spiro atoms. The number of hydrogen-bond donors (Lipinski definition) is 1. The predicted octanol–water partition coefficient (Wildman–Crippen LogP) is 24.2. The maximum atomic E-state index is 13.8. The van der Waals surface area contributed by atoms with Crippen LogP contribution >= 0.6 is 7.82 Å². The standard InChI is InChI=1S/C73H133O8PSi3/c1-57(2)36-27-37-58(3)38-28-39-59(4)40-29-41-60(5)42-30-43-61(6)44-31-45-62(7)46-32-47-63(8)48-33-49-64(9)50-34-51-65(10)52-35-53-66(11)54-55-76-82(74,75)79-70-69(81-85(25,26)73(18,19)20)68(80-84(23,24)72(15,16)17)67(78-70)56-77-83(21,22)71(12,13)14/h36,38,40,42,44,46,48,50,52,54,67-70H,27-35,37,39,41,43,45,47,49,51,53,55-56H2,1-26H3,(H,74,75)/b58-38+,59-40-,60-42-,61-44-,62-46-,63-48-,64-50-,65-52-,66-54-/t67-,68-,69-,70+/m1/s1. The Kier molecular flexibility index (Phi) is 36.8. The van der Waals surface area contributed by atoms with Crippen LogP contribution in [0.5, 0.6) is 0 Å². The summed E-state index contributed by atoms with van der Waals surface area (Å²) in [5, 5.41) is -0.263. The molecule has 1 fully saturated rings. The minimum Gasteiger partial charge on any atom is -0.414 e. The third-order valence-corrected chi connectivity index (χ3v) is 32.8. The molecule has 0 saturated carbocycles. The zero-order valence-corrected chi connectivity index (χ0v) is 63.9. The van der Waals surface area contributed by atoms with Crippen molar-refractivity contribution < 1.29 is 36.5 Å². The van der Waals surface area contributed by atoms with Crippen LogP contribution in [0.3, 0.4) is 0 Å². The lowest BCUT2D eigenvalue weighted by atomic mass is 10.0. The van der Waals surface area contributed by atoms with Gasteiger partial charge in [-0.05, 0) is 246 Å². The van der Waals surface area contributed by atoms with Crippen molar-refractivity contribution in [1.82, 2.24) is 0 Å². The molecule has 0 bridgehead atoms. The highest BCUT2D eigenvalue weighted by Gasteiger charge is 2.56. The van der Waals surface area contributed by atoms with Gasteiger partial charge >= 0.3 is 7.82 Å². The number of allylic oxidation sites excluding steroid dienone is 19. The molecule has 1 heterocycles. The number of hydrogen-bond acceptors (Lipinski definition) is 7. The van der Waals surface area contributed by atoms with Crippen molar-refractivity contribution in [3.05, 3.63) is 116 Å². The van der Waals surface area contributed by atoms with Gasteiger partial charge in [0.2, 0.25) is 0 Å². The second kappa shape index (κ2) is 38.6. The van der Waals surface area contributed by atoms with Gasteiger partial charge in [0.05, 0.1) is 13.2 Å². The molecule has 0 amide bonds. The molecule has 0 aromatic carbocycles. The van der Waals surface area contributed by atoms with Crippen LogP contribution in [0, 0.1) is 0 Å². The van der Waals surface area contributed by atoms with E-state index in [1.165, 1.54) is 63.0 Å². The fourth-order valence-electron chi connectivity index (χ4n) is 9.03. The molecule has 0 aromatic heterocycles. The van der Waals surface area contributed by atoms with Crippen LogP contribution in [0.15, 0.2) is 116 Å². The molecule has 1 aliphatic heterocycles. The first kappa shape index (κ1) is 81.0. The van der Waals surface area contributed by atoms with Gasteiger partial charge in [-0.1, -0.05) is 179 Å². The Bertz CT molecular complexity index is 2370. The fourth-order valence-corrected chi connectivity index (χ4v) is 13.4. The first-order valence-corrected chi connectivity index (χ1v) is 43.1. The second-order valence-electron chi connectivity index (χ2n) is 30.3. The van der Waals surface area contributed by atoms with Crippen LogP contribution in [-0.2, 0) is 31.6 Å². The summed E-state index contributed by atoms with van der Waals surface area (Å²) >= 11 is 0. The van der Waals surface area contributed by atoms with Crippen molar-refractivity contribution in [1.29, 1.82) is 0 Å². The maximum absolute atomic E-state index is 13.8. The van der Waals surface area contributed by atoms with Gasteiger partial charge in [0.25, 0.3) is 0 Å². The van der Waals surface area contributed by atoms with Gasteiger partial charge in [-0.15, -0.1) is 0 Å². The SMILES string of the molecule is CC(C)=CCC/C(C)=C/CC/C(C)=C\CC/C(C)=C\CC/C(C)=C\CC/C(C)=C\CC/C(C)=C\CC/C(C)=C\CC/C(C)=C\CC/C(C)=C\COP(=O)(O)O[C@@H]1O[C@H](CO[Si](C)(C)C(C)(C)C)[C@@H](O[Si](C)(C)C(C)(C)C)[C@H]1O[Si](C)(C)C(C)(C)C. The molecule has 12 heteroatoms. The zero-order valence-electron chi connectivity index (χ0n) is 60.0. The van der Waals surface area contributed by atoms with Crippen LogP contribution in [-0.4, -0.2) is 67.7 Å². The summed E-state index contributed by atoms with van der Waals surface area (Å²) in [7, 11) is -11.6. The van der Waals surface area contributed by atoms with E-state index in [0.29, 0.717) is 0 Å². The highest BCUT2D eigenvalue weighted by molar-refractivity contribution is 7.47. The minimum atomic E-state index is -4.60. The van der Waals surface area contributed by atoms with Gasteiger partial charge in [0.15, 0.2) is 31.2 Å². The lowest BCUT2D eigenvalue weighted by Crippen LogP contribution is -2.55. The van der Waals surface area contributed by atoms with E-state index in [0.717, 1.165) is 108 Å². The lowest BCUT2D eigenvalue weighted by Gasteiger charge is -2.44. The molecule has 1 N–H and O–H groups in total. The Morgan fingerprint density at radius 3 is 0.941 bits per heavy atom. The lowest BCUT2D eigenvalue weighted by molar-refractivity contribution is -0.124. The van der Waals surface area contributed by atoms with Gasteiger partial charge in [-0.3, -0.25) is 9.05 Å². The Morgan fingerprint density at radius 2 is 0.671 bits per heavy atom. The highest BCUT2D eigenvalue weighted by Crippen LogP contribution is 2.50. The third-order valence-electron chi connectivity index (χ3n) is 18.4. The molecule has 0 aromatic rings. The predicted molar refractivity (Wildman–Crippen MR) is 379 cm³/mol. The molecule has 8 nitrogen and oxygen atoms in total. The summed E-state index contributed by atoms with van der Waals surface area (Å²) in [6.45, 7) is 57.8. The molecular formula is C73H133O8PSi3. The number of phosphoric acid groups is 1. The molecule has 85 heavy (non-hydrogen) atoms. The maximum Gasteiger partial charge on any atom is 0.474 e. The molecule has 1 aliphatic rings. The van der Waals surface area contributed by atoms with Crippen LogP contribution < -0.4 is 0 Å². The zero-order chi connectivity index (χ0) is 65.0. The van der Waals surface area contributed by atoms with Crippen molar-refractivity contribution in [2.75, 3.05) is 13.2 Å². The van der Waals surface area contributed by atoms with Crippen LogP contribution in [0.1, 0.15) is 254 Å². The van der Waals surface area contributed by atoms with Gasteiger partial charge in [-0.2, -0.15) is 0 Å². The van der Waals surface area contributed by atoms with E-state index in [2.05, 4.69) is 226 Å². The van der Waals surface area contributed by atoms with Crippen molar-refractivity contribution >= 4 is 32.8 Å².